The minimum absolute atomic E-state index is 0.191. The summed E-state index contributed by atoms with van der Waals surface area (Å²) < 4.78 is 10.7. The molecule has 144 valence electrons. The summed E-state index contributed by atoms with van der Waals surface area (Å²) >= 11 is 0. The van der Waals surface area contributed by atoms with Gasteiger partial charge >= 0.3 is 0 Å². The quantitative estimate of drug-likeness (QED) is 0.500. The average Bonchev–Trinajstić information content (AvgIpc) is 3.15. The highest BCUT2D eigenvalue weighted by atomic mass is 16.5. The minimum Gasteiger partial charge on any atom is -0.457 e. The van der Waals surface area contributed by atoms with Gasteiger partial charge in [0.25, 0.3) is 5.91 Å². The highest BCUT2D eigenvalue weighted by Crippen LogP contribution is 2.23. The first-order valence-corrected chi connectivity index (χ1v) is 8.82. The lowest BCUT2D eigenvalue weighted by molar-refractivity contribution is 0.102. The number of aromatic nitrogens is 3. The lowest BCUT2D eigenvalue weighted by Gasteiger charge is -2.08. The van der Waals surface area contributed by atoms with E-state index >= 15 is 0 Å². The Hall–Kier alpha value is -4.20. The standard InChI is InChI=1S/C21H17N5O3/c1-14-11-19(26-29-14)25-20-13-22-18(12-23-20)21(27)24-15-7-9-17(10-8-15)28-16-5-3-2-4-6-16/h2-13H,1H3,(H,24,27)(H,23,25,26). The van der Waals surface area contributed by atoms with Crippen LogP contribution in [0.25, 0.3) is 0 Å². The van der Waals surface area contributed by atoms with Crippen molar-refractivity contribution in [1.82, 2.24) is 15.1 Å². The first kappa shape index (κ1) is 18.2. The Labute approximate surface area is 166 Å². The van der Waals surface area contributed by atoms with Gasteiger partial charge in [-0.15, -0.1) is 0 Å². The molecule has 0 saturated heterocycles. The Morgan fingerprint density at radius 2 is 1.69 bits per heavy atom. The zero-order chi connectivity index (χ0) is 20.1. The van der Waals surface area contributed by atoms with Gasteiger partial charge in [-0.25, -0.2) is 9.97 Å². The van der Waals surface area contributed by atoms with Gasteiger partial charge in [0.05, 0.1) is 12.4 Å². The molecule has 0 fully saturated rings. The second-order valence-electron chi connectivity index (χ2n) is 6.13. The molecule has 0 unspecified atom stereocenters. The van der Waals surface area contributed by atoms with Crippen molar-refractivity contribution in [3.05, 3.63) is 84.5 Å². The van der Waals surface area contributed by atoms with Crippen molar-refractivity contribution in [2.24, 2.45) is 0 Å². The molecular formula is C21H17N5O3. The number of amides is 1. The third kappa shape index (κ3) is 4.75. The molecule has 0 saturated carbocycles. The van der Waals surface area contributed by atoms with Gasteiger partial charge < -0.3 is 19.9 Å². The molecule has 29 heavy (non-hydrogen) atoms. The molecule has 0 aliphatic carbocycles. The number of carbonyl (C=O) groups is 1. The van der Waals surface area contributed by atoms with E-state index in [0.717, 1.165) is 5.75 Å². The lowest BCUT2D eigenvalue weighted by atomic mass is 10.3. The number of nitrogens with zero attached hydrogens (tertiary/aromatic N) is 3. The molecule has 0 atom stereocenters. The first-order chi connectivity index (χ1) is 14.2. The number of ether oxygens (including phenoxy) is 1. The van der Waals surface area contributed by atoms with Crippen LogP contribution in [0.4, 0.5) is 17.3 Å². The minimum atomic E-state index is -0.363. The smallest absolute Gasteiger partial charge is 0.275 e. The maximum Gasteiger partial charge on any atom is 0.275 e. The van der Waals surface area contributed by atoms with Crippen LogP contribution in [0.3, 0.4) is 0 Å². The average molecular weight is 387 g/mol. The van der Waals surface area contributed by atoms with E-state index in [1.165, 1.54) is 12.4 Å². The Bertz CT molecular complexity index is 1090. The normalized spacial score (nSPS) is 10.4. The van der Waals surface area contributed by atoms with Crippen LogP contribution in [0, 0.1) is 6.92 Å². The highest BCUT2D eigenvalue weighted by Gasteiger charge is 2.10. The summed E-state index contributed by atoms with van der Waals surface area (Å²) in [5.74, 6) is 2.71. The zero-order valence-electron chi connectivity index (χ0n) is 15.5. The molecular weight excluding hydrogens is 370 g/mol. The zero-order valence-corrected chi connectivity index (χ0v) is 15.5. The molecule has 2 aromatic carbocycles. The summed E-state index contributed by atoms with van der Waals surface area (Å²) in [6, 6.07) is 18.3. The predicted molar refractivity (Wildman–Crippen MR) is 107 cm³/mol. The number of rotatable bonds is 6. The van der Waals surface area contributed by atoms with Crippen molar-refractivity contribution >= 4 is 23.2 Å². The molecule has 8 heteroatoms. The van der Waals surface area contributed by atoms with E-state index in [-0.39, 0.29) is 11.6 Å². The van der Waals surface area contributed by atoms with Crippen LogP contribution >= 0.6 is 0 Å². The van der Waals surface area contributed by atoms with Gasteiger partial charge in [0.15, 0.2) is 5.82 Å². The monoisotopic (exact) mass is 387 g/mol. The topological polar surface area (TPSA) is 102 Å². The summed E-state index contributed by atoms with van der Waals surface area (Å²) in [5, 5.41) is 9.53. The summed E-state index contributed by atoms with van der Waals surface area (Å²) in [6.07, 6.45) is 2.84. The van der Waals surface area contributed by atoms with Gasteiger partial charge in [-0.3, -0.25) is 4.79 Å². The molecule has 0 bridgehead atoms. The van der Waals surface area contributed by atoms with Crippen molar-refractivity contribution in [3.8, 4) is 11.5 Å². The van der Waals surface area contributed by atoms with Crippen LogP contribution in [0.15, 0.2) is 77.6 Å². The number of hydrogen-bond donors (Lipinski definition) is 2. The predicted octanol–water partition coefficient (Wildman–Crippen LogP) is 4.56. The van der Waals surface area contributed by atoms with Gasteiger partial charge in [0.2, 0.25) is 0 Å². The van der Waals surface area contributed by atoms with Crippen LogP contribution in [-0.4, -0.2) is 21.0 Å². The largest absolute Gasteiger partial charge is 0.457 e. The van der Waals surface area contributed by atoms with E-state index in [1.54, 1.807) is 37.3 Å². The number of para-hydroxylation sites is 1. The third-order valence-corrected chi connectivity index (χ3v) is 3.86. The first-order valence-electron chi connectivity index (χ1n) is 8.82. The van der Waals surface area contributed by atoms with Crippen molar-refractivity contribution in [1.29, 1.82) is 0 Å². The number of anilines is 3. The fourth-order valence-electron chi connectivity index (χ4n) is 2.49. The Balaban J connectivity index is 1.36. The summed E-state index contributed by atoms with van der Waals surface area (Å²) in [6.45, 7) is 1.79. The van der Waals surface area contributed by atoms with Crippen molar-refractivity contribution in [3.63, 3.8) is 0 Å². The summed E-state index contributed by atoms with van der Waals surface area (Å²) in [4.78, 5) is 20.7. The third-order valence-electron chi connectivity index (χ3n) is 3.86. The number of aryl methyl sites for hydroxylation is 1. The van der Waals surface area contributed by atoms with E-state index in [9.17, 15) is 4.79 Å². The second kappa shape index (κ2) is 8.22. The summed E-state index contributed by atoms with van der Waals surface area (Å²) in [5.41, 5.74) is 0.814. The van der Waals surface area contributed by atoms with E-state index in [0.29, 0.717) is 28.8 Å². The van der Waals surface area contributed by atoms with Gasteiger partial charge in [-0.2, -0.15) is 0 Å². The van der Waals surface area contributed by atoms with E-state index in [2.05, 4.69) is 25.8 Å². The van der Waals surface area contributed by atoms with Crippen molar-refractivity contribution in [2.45, 2.75) is 6.92 Å². The molecule has 0 radical (unpaired) electrons. The summed E-state index contributed by atoms with van der Waals surface area (Å²) in [7, 11) is 0. The van der Waals surface area contributed by atoms with E-state index < -0.39 is 0 Å². The number of benzene rings is 2. The van der Waals surface area contributed by atoms with Crippen LogP contribution in [0.5, 0.6) is 11.5 Å². The molecule has 1 amide bonds. The molecule has 0 aliphatic rings. The Morgan fingerprint density at radius 3 is 2.34 bits per heavy atom. The van der Waals surface area contributed by atoms with E-state index in [1.807, 2.05) is 30.3 Å². The van der Waals surface area contributed by atoms with Gasteiger partial charge in [-0.1, -0.05) is 23.4 Å². The number of carbonyl (C=O) groups excluding carboxylic acids is 1. The Kier molecular flexibility index (Phi) is 5.15. The van der Waals surface area contributed by atoms with Gasteiger partial charge in [-0.05, 0) is 43.3 Å². The molecule has 8 nitrogen and oxygen atoms in total. The molecule has 2 N–H and O–H groups in total. The fraction of sp³-hybridized carbons (Fsp3) is 0.0476. The SMILES string of the molecule is Cc1cc(Nc2cnc(C(=O)Nc3ccc(Oc4ccccc4)cc3)cn2)no1. The van der Waals surface area contributed by atoms with Crippen LogP contribution in [0.1, 0.15) is 16.2 Å². The van der Waals surface area contributed by atoms with Crippen molar-refractivity contribution in [2.75, 3.05) is 10.6 Å². The molecule has 2 heterocycles. The Morgan fingerprint density at radius 1 is 0.931 bits per heavy atom. The highest BCUT2D eigenvalue weighted by molar-refractivity contribution is 6.02. The van der Waals surface area contributed by atoms with Crippen molar-refractivity contribution < 1.29 is 14.1 Å². The molecule has 0 spiro atoms. The number of hydrogen-bond acceptors (Lipinski definition) is 7. The van der Waals surface area contributed by atoms with Crippen LogP contribution in [-0.2, 0) is 0 Å². The molecule has 0 aliphatic heterocycles. The maximum atomic E-state index is 12.4. The van der Waals surface area contributed by atoms with Crippen LogP contribution < -0.4 is 15.4 Å². The van der Waals surface area contributed by atoms with Crippen LogP contribution in [0.2, 0.25) is 0 Å². The number of nitrogens with one attached hydrogen (secondary N) is 2. The maximum absolute atomic E-state index is 12.4. The van der Waals surface area contributed by atoms with Gasteiger partial charge in [0.1, 0.15) is 28.8 Å². The van der Waals surface area contributed by atoms with E-state index in [4.69, 9.17) is 9.26 Å². The fourth-order valence-corrected chi connectivity index (χ4v) is 2.49. The van der Waals surface area contributed by atoms with Gasteiger partial charge in [0, 0.05) is 11.8 Å². The second-order valence-corrected chi connectivity index (χ2v) is 6.13. The molecule has 4 rings (SSSR count). The molecule has 2 aromatic heterocycles. The lowest BCUT2D eigenvalue weighted by Crippen LogP contribution is -2.14. The molecule has 4 aromatic rings.